The van der Waals surface area contributed by atoms with Crippen molar-refractivity contribution in [1.82, 2.24) is 14.8 Å². The lowest BCUT2D eigenvalue weighted by molar-refractivity contribution is -0.124. The summed E-state index contributed by atoms with van der Waals surface area (Å²) in [5, 5.41) is 19.6. The average Bonchev–Trinajstić information content (AvgIpc) is 2.81. The number of allylic oxidation sites excluding steroid dienone is 2. The third kappa shape index (κ3) is 2.36. The number of aromatic hydroxyl groups is 1. The second-order valence-corrected chi connectivity index (χ2v) is 4.59. The normalized spacial score (nSPS) is 17.6. The van der Waals surface area contributed by atoms with E-state index in [-0.39, 0.29) is 11.8 Å². The van der Waals surface area contributed by atoms with Gasteiger partial charge in [-0.05, 0) is 32.9 Å². The van der Waals surface area contributed by atoms with E-state index >= 15 is 0 Å². The Morgan fingerprint density at radius 2 is 2.05 bits per heavy atom. The molecular weight excluding hydrogens is 256 g/mol. The van der Waals surface area contributed by atoms with Crippen molar-refractivity contribution in [3.05, 3.63) is 29.0 Å². The van der Waals surface area contributed by atoms with Gasteiger partial charge in [-0.15, -0.1) is 0 Å². The van der Waals surface area contributed by atoms with Crippen LogP contribution in [-0.4, -0.2) is 38.6 Å². The van der Waals surface area contributed by atoms with Crippen LogP contribution in [0.15, 0.2) is 22.8 Å². The molecule has 0 spiro atoms. The molecule has 1 aliphatic heterocycles. The molecule has 1 aromatic rings. The summed E-state index contributed by atoms with van der Waals surface area (Å²) < 4.78 is 1.53. The predicted octanol–water partition coefficient (Wildman–Crippen LogP) is 1.70. The minimum atomic E-state index is -0.127. The number of likely N-dealkylation sites (N-methyl/N-ethyl adjacent to an activating group) is 1. The lowest BCUT2D eigenvalue weighted by Crippen LogP contribution is -2.16. The number of hydrazone groups is 1. The number of carbonyl (C=O) groups excluding carboxylic acids is 1. The van der Waals surface area contributed by atoms with Crippen molar-refractivity contribution in [3.63, 3.8) is 0 Å². The minimum Gasteiger partial charge on any atom is -0.493 e. The molecule has 1 N–H and O–H groups in total. The molecule has 0 aromatic carbocycles. The van der Waals surface area contributed by atoms with Crippen LogP contribution in [0.3, 0.4) is 0 Å². The Bertz CT molecular complexity index is 638. The van der Waals surface area contributed by atoms with Crippen LogP contribution in [-0.2, 0) is 11.3 Å². The van der Waals surface area contributed by atoms with E-state index in [1.165, 1.54) is 9.69 Å². The van der Waals surface area contributed by atoms with Gasteiger partial charge in [0.2, 0.25) is 5.88 Å². The van der Waals surface area contributed by atoms with Crippen molar-refractivity contribution in [2.45, 2.75) is 27.3 Å². The second-order valence-electron chi connectivity index (χ2n) is 4.59. The molecule has 20 heavy (non-hydrogen) atoms. The van der Waals surface area contributed by atoms with Crippen molar-refractivity contribution in [3.8, 4) is 5.88 Å². The number of hydrogen-bond acceptors (Lipinski definition) is 4. The molecule has 6 nitrogen and oxygen atoms in total. The molecule has 1 aliphatic rings. The average molecular weight is 274 g/mol. The highest BCUT2D eigenvalue weighted by molar-refractivity contribution is 6.23. The molecule has 1 aromatic heterocycles. The van der Waals surface area contributed by atoms with Gasteiger partial charge in [0.05, 0.1) is 22.5 Å². The van der Waals surface area contributed by atoms with Gasteiger partial charge in [0.25, 0.3) is 5.91 Å². The summed E-state index contributed by atoms with van der Waals surface area (Å²) in [4.78, 5) is 11.8. The number of hydrogen-bond donors (Lipinski definition) is 1. The van der Waals surface area contributed by atoms with Gasteiger partial charge in [0.15, 0.2) is 0 Å². The van der Waals surface area contributed by atoms with E-state index in [4.69, 9.17) is 0 Å². The van der Waals surface area contributed by atoms with Crippen LogP contribution in [0.2, 0.25) is 0 Å². The molecule has 106 valence electrons. The molecule has 6 heteroatoms. The highest BCUT2D eigenvalue weighted by Gasteiger charge is 2.23. The number of nitrogens with zero attached hydrogens (tertiary/aromatic N) is 4. The molecule has 0 bridgehead atoms. The molecule has 1 amide bonds. The smallest absolute Gasteiger partial charge is 0.275 e. The zero-order valence-corrected chi connectivity index (χ0v) is 12.1. The zero-order valence-electron chi connectivity index (χ0n) is 12.1. The number of aryl methyl sites for hydroxylation is 2. The molecule has 0 fully saturated rings. The summed E-state index contributed by atoms with van der Waals surface area (Å²) in [7, 11) is 1.62. The Balaban J connectivity index is 2.25. The third-order valence-corrected chi connectivity index (χ3v) is 3.19. The highest BCUT2D eigenvalue weighted by Crippen LogP contribution is 2.22. The number of carbonyl (C=O) groups is 1. The Morgan fingerprint density at radius 1 is 1.35 bits per heavy atom. The summed E-state index contributed by atoms with van der Waals surface area (Å²) in [6.45, 7) is 6.14. The van der Waals surface area contributed by atoms with Crippen LogP contribution in [0.1, 0.15) is 25.1 Å². The first-order valence-corrected chi connectivity index (χ1v) is 6.44. The summed E-state index contributed by atoms with van der Waals surface area (Å²) in [6.07, 6.45) is 5.18. The number of amides is 1. The molecular formula is C14H18N4O2. The van der Waals surface area contributed by atoms with E-state index in [0.717, 1.165) is 5.69 Å². The van der Waals surface area contributed by atoms with Crippen LogP contribution in [0.4, 0.5) is 0 Å². The van der Waals surface area contributed by atoms with Crippen LogP contribution in [0.5, 0.6) is 5.88 Å². The van der Waals surface area contributed by atoms with E-state index in [9.17, 15) is 9.90 Å². The largest absolute Gasteiger partial charge is 0.493 e. The quantitative estimate of drug-likeness (QED) is 0.853. The van der Waals surface area contributed by atoms with E-state index in [0.29, 0.717) is 23.4 Å². The van der Waals surface area contributed by atoms with Gasteiger partial charge < -0.3 is 5.11 Å². The van der Waals surface area contributed by atoms with Crippen LogP contribution < -0.4 is 0 Å². The number of rotatable bonds is 3. The standard InChI is InChI=1S/C14H18N4O2/c1-5-18-14(20)12(10(3)16-18)8-6-7-11-9(2)15-17(4)13(11)19/h6-8,20H,5H2,1-4H3/b8-6+,11-7+. The molecule has 0 unspecified atom stereocenters. The summed E-state index contributed by atoms with van der Waals surface area (Å²) in [5.41, 5.74) is 2.66. The molecule has 0 saturated carbocycles. The maximum Gasteiger partial charge on any atom is 0.275 e. The van der Waals surface area contributed by atoms with Crippen molar-refractivity contribution < 1.29 is 9.90 Å². The van der Waals surface area contributed by atoms with E-state index < -0.39 is 0 Å². The monoisotopic (exact) mass is 274 g/mol. The molecule has 2 heterocycles. The topological polar surface area (TPSA) is 70.7 Å². The lowest BCUT2D eigenvalue weighted by Gasteiger charge is -2.00. The maximum atomic E-state index is 11.8. The first-order chi connectivity index (χ1) is 9.45. The van der Waals surface area contributed by atoms with E-state index in [1.54, 1.807) is 32.2 Å². The third-order valence-electron chi connectivity index (χ3n) is 3.19. The lowest BCUT2D eigenvalue weighted by atomic mass is 10.1. The van der Waals surface area contributed by atoms with Crippen LogP contribution >= 0.6 is 0 Å². The summed E-state index contributed by atoms with van der Waals surface area (Å²) in [6, 6.07) is 0. The Morgan fingerprint density at radius 3 is 2.55 bits per heavy atom. The maximum absolute atomic E-state index is 11.8. The fourth-order valence-electron chi connectivity index (χ4n) is 2.08. The molecule has 0 saturated heterocycles. The van der Waals surface area contributed by atoms with Gasteiger partial charge in [0.1, 0.15) is 0 Å². The SMILES string of the molecule is CCn1nc(C)c(/C=C/C=C2/C(=O)N(C)N=C2C)c1O. The fourth-order valence-corrected chi connectivity index (χ4v) is 2.08. The molecule has 2 rings (SSSR count). The first-order valence-electron chi connectivity index (χ1n) is 6.44. The van der Waals surface area contributed by atoms with Gasteiger partial charge in [0, 0.05) is 13.6 Å². The predicted molar refractivity (Wildman–Crippen MR) is 77.3 cm³/mol. The fraction of sp³-hybridized carbons (Fsp3) is 0.357. The van der Waals surface area contributed by atoms with Crippen LogP contribution in [0, 0.1) is 6.92 Å². The summed E-state index contributed by atoms with van der Waals surface area (Å²) in [5.74, 6) is 0.0113. The van der Waals surface area contributed by atoms with Gasteiger partial charge >= 0.3 is 0 Å². The van der Waals surface area contributed by atoms with Crippen molar-refractivity contribution in [1.29, 1.82) is 0 Å². The van der Waals surface area contributed by atoms with Gasteiger partial charge in [-0.2, -0.15) is 10.2 Å². The Labute approximate surface area is 117 Å². The second kappa shape index (κ2) is 5.32. The Kier molecular flexibility index (Phi) is 3.74. The van der Waals surface area contributed by atoms with Crippen molar-refractivity contribution in [2.24, 2.45) is 5.10 Å². The van der Waals surface area contributed by atoms with Crippen LogP contribution in [0.25, 0.3) is 6.08 Å². The zero-order chi connectivity index (χ0) is 14.9. The molecule has 0 aliphatic carbocycles. The minimum absolute atomic E-state index is 0.127. The van der Waals surface area contributed by atoms with Crippen molar-refractivity contribution in [2.75, 3.05) is 7.05 Å². The van der Waals surface area contributed by atoms with Gasteiger partial charge in [-0.3, -0.25) is 4.79 Å². The van der Waals surface area contributed by atoms with Gasteiger partial charge in [-0.1, -0.05) is 6.08 Å². The highest BCUT2D eigenvalue weighted by atomic mass is 16.3. The van der Waals surface area contributed by atoms with Crippen molar-refractivity contribution >= 4 is 17.7 Å². The van der Waals surface area contributed by atoms with E-state index in [2.05, 4.69) is 10.2 Å². The summed E-state index contributed by atoms with van der Waals surface area (Å²) >= 11 is 0. The Hall–Kier alpha value is -2.37. The van der Waals surface area contributed by atoms with Gasteiger partial charge in [-0.25, -0.2) is 9.69 Å². The molecule has 0 radical (unpaired) electrons. The number of aromatic nitrogens is 2. The van der Waals surface area contributed by atoms with E-state index in [1.807, 2.05) is 13.8 Å². The molecule has 0 atom stereocenters. The first kappa shape index (κ1) is 14.0.